The van der Waals surface area contributed by atoms with Gasteiger partial charge in [-0.2, -0.15) is 0 Å². The normalized spacial score (nSPS) is 13.6. The monoisotopic (exact) mass is 236 g/mol. The van der Waals surface area contributed by atoms with E-state index in [2.05, 4.69) is 61.1 Å². The van der Waals surface area contributed by atoms with Gasteiger partial charge in [0.2, 0.25) is 0 Å². The topological polar surface area (TPSA) is 8.17 Å². The number of para-hydroxylation sites is 1. The highest BCUT2D eigenvalue weighted by Gasteiger charge is 2.17. The second-order valence-corrected chi connectivity index (χ2v) is 4.65. The maximum Gasteiger partial charge on any atom is 0.0498 e. The summed E-state index contributed by atoms with van der Waals surface area (Å²) >= 11 is 6.06. The first-order chi connectivity index (χ1) is 7.65. The fraction of sp³-hybridized carbons (Fsp3) is 0.385. The van der Waals surface area contributed by atoms with Crippen LogP contribution in [0.15, 0.2) is 30.5 Å². The molecule has 0 amide bonds. The van der Waals surface area contributed by atoms with Crippen LogP contribution in [0.3, 0.4) is 0 Å². The molecule has 0 fully saturated rings. The van der Waals surface area contributed by atoms with Gasteiger partial charge in [0, 0.05) is 36.1 Å². The molecule has 0 saturated carbocycles. The Bertz CT molecular complexity index is 488. The molecule has 1 heterocycles. The molecule has 3 heteroatoms. The molecule has 0 radical (unpaired) electrons. The van der Waals surface area contributed by atoms with Crippen molar-refractivity contribution in [2.45, 2.75) is 6.04 Å². The van der Waals surface area contributed by atoms with Crippen molar-refractivity contribution in [1.82, 2.24) is 9.47 Å². The first kappa shape index (κ1) is 11.5. The van der Waals surface area contributed by atoms with Gasteiger partial charge in [0.15, 0.2) is 0 Å². The second-order valence-electron chi connectivity index (χ2n) is 4.35. The molecule has 2 aromatic rings. The first-order valence-electron chi connectivity index (χ1n) is 5.41. The predicted octanol–water partition coefficient (Wildman–Crippen LogP) is 3.02. The lowest BCUT2D eigenvalue weighted by Gasteiger charge is -2.21. The molecule has 0 aliphatic rings. The zero-order valence-electron chi connectivity index (χ0n) is 9.94. The van der Waals surface area contributed by atoms with Crippen LogP contribution in [0.5, 0.6) is 0 Å². The van der Waals surface area contributed by atoms with Crippen molar-refractivity contribution in [2.75, 3.05) is 20.0 Å². The molecule has 0 saturated heterocycles. The Balaban J connectivity index is 2.60. The van der Waals surface area contributed by atoms with Gasteiger partial charge in [-0.3, -0.25) is 0 Å². The average molecular weight is 237 g/mol. The third kappa shape index (κ3) is 1.83. The van der Waals surface area contributed by atoms with Crippen molar-refractivity contribution in [3.8, 4) is 0 Å². The van der Waals surface area contributed by atoms with E-state index in [1.165, 1.54) is 16.5 Å². The number of hydrogen-bond donors (Lipinski definition) is 0. The predicted molar refractivity (Wildman–Crippen MR) is 70.1 cm³/mol. The van der Waals surface area contributed by atoms with Gasteiger partial charge in [-0.25, -0.2) is 0 Å². The molecule has 1 unspecified atom stereocenters. The lowest BCUT2D eigenvalue weighted by molar-refractivity contribution is 0.326. The quantitative estimate of drug-likeness (QED) is 0.744. The van der Waals surface area contributed by atoms with E-state index in [1.807, 2.05) is 0 Å². The summed E-state index contributed by atoms with van der Waals surface area (Å²) in [4.78, 5) is 2.16. The van der Waals surface area contributed by atoms with Crippen LogP contribution in [-0.2, 0) is 7.05 Å². The van der Waals surface area contributed by atoms with Gasteiger partial charge < -0.3 is 9.47 Å². The third-order valence-electron chi connectivity index (χ3n) is 3.06. The van der Waals surface area contributed by atoms with Gasteiger partial charge in [0.05, 0.1) is 0 Å². The number of halogens is 1. The van der Waals surface area contributed by atoms with E-state index in [0.717, 1.165) is 0 Å². The fourth-order valence-corrected chi connectivity index (χ4v) is 2.58. The minimum atomic E-state index is 0.271. The summed E-state index contributed by atoms with van der Waals surface area (Å²) in [5.74, 6) is 0.612. The van der Waals surface area contributed by atoms with Crippen LogP contribution in [0, 0.1) is 0 Å². The van der Waals surface area contributed by atoms with Crippen molar-refractivity contribution in [3.63, 3.8) is 0 Å². The Morgan fingerprint density at radius 1 is 1.31 bits per heavy atom. The van der Waals surface area contributed by atoms with Crippen LogP contribution < -0.4 is 0 Å². The number of aromatic nitrogens is 1. The zero-order chi connectivity index (χ0) is 11.7. The Kier molecular flexibility index (Phi) is 3.22. The first-order valence-corrected chi connectivity index (χ1v) is 5.95. The number of hydrogen-bond acceptors (Lipinski definition) is 1. The van der Waals surface area contributed by atoms with Crippen LogP contribution in [0.2, 0.25) is 0 Å². The highest BCUT2D eigenvalue weighted by Crippen LogP contribution is 2.29. The number of fused-ring (bicyclic) bond motifs is 1. The van der Waals surface area contributed by atoms with Gasteiger partial charge in [-0.1, -0.05) is 18.2 Å². The number of benzene rings is 1. The standard InChI is InChI=1S/C13H17ClN2/c1-15(2)13(8-14)11-9-16(3)12-7-5-4-6-10(11)12/h4-7,9,13H,8H2,1-3H3. The van der Waals surface area contributed by atoms with Crippen LogP contribution in [-0.4, -0.2) is 29.4 Å². The maximum atomic E-state index is 6.06. The van der Waals surface area contributed by atoms with E-state index in [9.17, 15) is 0 Å². The highest BCUT2D eigenvalue weighted by atomic mass is 35.5. The molecular formula is C13H17ClN2. The van der Waals surface area contributed by atoms with Crippen molar-refractivity contribution in [3.05, 3.63) is 36.0 Å². The average Bonchev–Trinajstić information content (AvgIpc) is 2.58. The summed E-state index contributed by atoms with van der Waals surface area (Å²) in [7, 11) is 6.20. The van der Waals surface area contributed by atoms with Gasteiger partial charge in [0.1, 0.15) is 0 Å². The summed E-state index contributed by atoms with van der Waals surface area (Å²) < 4.78 is 2.16. The number of alkyl halides is 1. The number of rotatable bonds is 3. The SMILES string of the molecule is CN(C)C(CCl)c1cn(C)c2ccccc12. The smallest absolute Gasteiger partial charge is 0.0498 e. The molecule has 86 valence electrons. The molecule has 0 spiro atoms. The van der Waals surface area contributed by atoms with Crippen molar-refractivity contribution in [1.29, 1.82) is 0 Å². The summed E-state index contributed by atoms with van der Waals surface area (Å²) in [6.07, 6.45) is 2.18. The summed E-state index contributed by atoms with van der Waals surface area (Å²) in [6.45, 7) is 0. The molecule has 0 N–H and O–H groups in total. The molecule has 2 rings (SSSR count). The van der Waals surface area contributed by atoms with Crippen molar-refractivity contribution >= 4 is 22.5 Å². The van der Waals surface area contributed by atoms with E-state index < -0.39 is 0 Å². The third-order valence-corrected chi connectivity index (χ3v) is 3.35. The maximum absolute atomic E-state index is 6.06. The lowest BCUT2D eigenvalue weighted by Crippen LogP contribution is -2.21. The molecule has 1 atom stereocenters. The minimum Gasteiger partial charge on any atom is -0.350 e. The Hall–Kier alpha value is -0.990. The van der Waals surface area contributed by atoms with E-state index in [1.54, 1.807) is 0 Å². The van der Waals surface area contributed by atoms with Crippen LogP contribution in [0.4, 0.5) is 0 Å². The van der Waals surface area contributed by atoms with Gasteiger partial charge in [0.25, 0.3) is 0 Å². The lowest BCUT2D eigenvalue weighted by atomic mass is 10.1. The Morgan fingerprint density at radius 3 is 2.62 bits per heavy atom. The van der Waals surface area contributed by atoms with E-state index in [4.69, 9.17) is 11.6 Å². The minimum absolute atomic E-state index is 0.271. The summed E-state index contributed by atoms with van der Waals surface area (Å²) in [5.41, 5.74) is 2.56. The van der Waals surface area contributed by atoms with Crippen LogP contribution in [0.1, 0.15) is 11.6 Å². The van der Waals surface area contributed by atoms with Crippen molar-refractivity contribution < 1.29 is 0 Å². The molecule has 16 heavy (non-hydrogen) atoms. The molecule has 0 bridgehead atoms. The molecule has 1 aromatic heterocycles. The second kappa shape index (κ2) is 4.48. The largest absolute Gasteiger partial charge is 0.350 e. The van der Waals surface area contributed by atoms with E-state index in [0.29, 0.717) is 5.88 Å². The number of aryl methyl sites for hydroxylation is 1. The molecule has 2 nitrogen and oxygen atoms in total. The summed E-state index contributed by atoms with van der Waals surface area (Å²) in [5, 5.41) is 1.30. The number of nitrogens with zero attached hydrogens (tertiary/aromatic N) is 2. The van der Waals surface area contributed by atoms with Crippen LogP contribution in [0.25, 0.3) is 10.9 Å². The zero-order valence-corrected chi connectivity index (χ0v) is 10.7. The van der Waals surface area contributed by atoms with Gasteiger partial charge in [-0.15, -0.1) is 11.6 Å². The summed E-state index contributed by atoms with van der Waals surface area (Å²) in [6, 6.07) is 8.71. The Morgan fingerprint density at radius 2 is 2.00 bits per heavy atom. The Labute approximate surface area is 101 Å². The highest BCUT2D eigenvalue weighted by molar-refractivity contribution is 6.18. The van der Waals surface area contributed by atoms with E-state index >= 15 is 0 Å². The van der Waals surface area contributed by atoms with E-state index in [-0.39, 0.29) is 6.04 Å². The van der Waals surface area contributed by atoms with Crippen molar-refractivity contribution in [2.24, 2.45) is 7.05 Å². The van der Waals surface area contributed by atoms with Crippen LogP contribution >= 0.6 is 11.6 Å². The molecule has 0 aliphatic heterocycles. The molecule has 1 aromatic carbocycles. The molecular weight excluding hydrogens is 220 g/mol. The fourth-order valence-electron chi connectivity index (χ4n) is 2.14. The van der Waals surface area contributed by atoms with Gasteiger partial charge in [-0.05, 0) is 25.7 Å². The van der Waals surface area contributed by atoms with Gasteiger partial charge >= 0.3 is 0 Å². The molecule has 0 aliphatic carbocycles.